The Kier molecular flexibility index (Phi) is 5.62. The number of benzene rings is 2. The third kappa shape index (κ3) is 2.97. The molecule has 0 aromatic heterocycles. The summed E-state index contributed by atoms with van der Waals surface area (Å²) in [5, 5.41) is 24.5. The van der Waals surface area contributed by atoms with Gasteiger partial charge in [0.15, 0.2) is 23.6 Å². The summed E-state index contributed by atoms with van der Waals surface area (Å²) in [7, 11) is 0. The molecule has 11 nitrogen and oxygen atoms in total. The Morgan fingerprint density at radius 1 is 0.956 bits per heavy atom. The molecule has 2 saturated carbocycles. The Morgan fingerprint density at radius 3 is 2.29 bits per heavy atom. The van der Waals surface area contributed by atoms with Gasteiger partial charge >= 0.3 is 17.9 Å². The molecule has 11 heteroatoms. The Hall–Kier alpha value is -3.64. The maximum Gasteiger partial charge on any atom is 0.343 e. The molecule has 0 radical (unpaired) electrons. The van der Waals surface area contributed by atoms with E-state index in [2.05, 4.69) is 0 Å². The average molecular weight is 619 g/mol. The molecule has 4 heterocycles. The zero-order valence-corrected chi connectivity index (χ0v) is 25.2. The third-order valence-corrected chi connectivity index (χ3v) is 11.6. The van der Waals surface area contributed by atoms with Gasteiger partial charge in [-0.3, -0.25) is 9.59 Å². The fourth-order valence-corrected chi connectivity index (χ4v) is 9.99. The number of hydrogen-bond acceptors (Lipinski definition) is 11. The first-order chi connectivity index (χ1) is 21.3. The molecule has 2 aromatic rings. The van der Waals surface area contributed by atoms with Crippen molar-refractivity contribution in [3.63, 3.8) is 0 Å². The number of carbonyl (C=O) groups excluding carboxylic acids is 4. The molecule has 11 atom stereocenters. The summed E-state index contributed by atoms with van der Waals surface area (Å²) in [5.74, 6) is -4.25. The van der Waals surface area contributed by atoms with Crippen molar-refractivity contribution in [1.29, 1.82) is 0 Å². The van der Waals surface area contributed by atoms with Crippen molar-refractivity contribution in [2.75, 3.05) is 0 Å². The molecule has 4 saturated heterocycles. The Morgan fingerprint density at radius 2 is 1.62 bits per heavy atom. The highest BCUT2D eigenvalue weighted by molar-refractivity contribution is 6.09. The normalized spacial score (nSPS) is 43.8. The second-order valence-corrected chi connectivity index (χ2v) is 14.4. The number of rotatable bonds is 5. The van der Waals surface area contributed by atoms with Gasteiger partial charge in [-0.15, -0.1) is 0 Å². The number of hydrogen-bond donors (Lipinski definition) is 2. The van der Waals surface area contributed by atoms with Crippen LogP contribution in [0.4, 0.5) is 0 Å². The number of esters is 3. The lowest BCUT2D eigenvalue weighted by Gasteiger charge is -2.48. The van der Waals surface area contributed by atoms with Gasteiger partial charge in [0.1, 0.15) is 12.2 Å². The lowest BCUT2D eigenvalue weighted by atomic mass is 9.51. The number of ether oxygens (including phenoxy) is 5. The maximum atomic E-state index is 13.9. The minimum absolute atomic E-state index is 0.0668. The van der Waals surface area contributed by atoms with E-state index in [1.165, 1.54) is 6.92 Å². The van der Waals surface area contributed by atoms with E-state index in [4.69, 9.17) is 23.7 Å². The summed E-state index contributed by atoms with van der Waals surface area (Å²) >= 11 is 0. The van der Waals surface area contributed by atoms with Crippen LogP contribution in [0.25, 0.3) is 0 Å². The highest BCUT2D eigenvalue weighted by Crippen LogP contribution is 2.84. The van der Waals surface area contributed by atoms with Gasteiger partial charge < -0.3 is 33.9 Å². The summed E-state index contributed by atoms with van der Waals surface area (Å²) in [4.78, 5) is 53.3. The fourth-order valence-electron chi connectivity index (χ4n) is 9.99. The third-order valence-electron chi connectivity index (χ3n) is 11.6. The number of carbonyl (C=O) groups is 4. The molecule has 2 N–H and O–H groups in total. The Bertz CT molecular complexity index is 1650. The van der Waals surface area contributed by atoms with Crippen LogP contribution in [0.1, 0.15) is 55.6 Å². The molecule has 0 bridgehead atoms. The van der Waals surface area contributed by atoms with Gasteiger partial charge in [-0.1, -0.05) is 75.4 Å². The molecule has 2 aromatic carbocycles. The average Bonchev–Trinajstić information content (AvgIpc) is 3.73. The number of fused-ring (bicyclic) bond motifs is 1. The van der Waals surface area contributed by atoms with E-state index in [9.17, 15) is 29.4 Å². The largest absolute Gasteiger partial charge is 0.459 e. The quantitative estimate of drug-likeness (QED) is 0.288. The van der Waals surface area contributed by atoms with E-state index in [0.29, 0.717) is 16.7 Å². The lowest BCUT2D eigenvalue weighted by molar-refractivity contribution is -0.240. The molecule has 45 heavy (non-hydrogen) atoms. The molecular formula is C34H34O11. The monoisotopic (exact) mass is 618 g/mol. The van der Waals surface area contributed by atoms with Gasteiger partial charge in [0.2, 0.25) is 11.9 Å². The molecule has 4 unspecified atom stereocenters. The molecule has 2 spiro atoms. The maximum absolute atomic E-state index is 13.9. The number of aliphatic hydroxyl groups excluding tert-OH is 1. The van der Waals surface area contributed by atoms with Gasteiger partial charge in [-0.05, 0) is 30.2 Å². The summed E-state index contributed by atoms with van der Waals surface area (Å²) in [6.45, 7) is 7.29. The van der Waals surface area contributed by atoms with Crippen LogP contribution in [0.3, 0.4) is 0 Å². The van der Waals surface area contributed by atoms with Gasteiger partial charge in [0.25, 0.3) is 0 Å². The highest BCUT2D eigenvalue weighted by atomic mass is 16.8. The minimum atomic E-state index is -2.28. The van der Waals surface area contributed by atoms with Crippen LogP contribution in [0.2, 0.25) is 0 Å². The first-order valence-electron chi connectivity index (χ1n) is 15.3. The first kappa shape index (κ1) is 28.8. The van der Waals surface area contributed by atoms with Crippen molar-refractivity contribution in [1.82, 2.24) is 0 Å². The first-order valence-corrected chi connectivity index (χ1v) is 15.3. The molecule has 6 aliphatic rings. The van der Waals surface area contributed by atoms with E-state index in [-0.39, 0.29) is 18.8 Å². The van der Waals surface area contributed by atoms with Crippen molar-refractivity contribution in [2.24, 2.45) is 28.1 Å². The van der Waals surface area contributed by atoms with Crippen LogP contribution in [0.5, 0.6) is 0 Å². The molecule has 4 aliphatic heterocycles. The molecule has 6 fully saturated rings. The van der Waals surface area contributed by atoms with E-state index in [1.54, 1.807) is 48.5 Å². The van der Waals surface area contributed by atoms with Gasteiger partial charge in [0.05, 0.1) is 23.4 Å². The van der Waals surface area contributed by atoms with E-state index in [1.807, 2.05) is 26.8 Å². The zero-order chi connectivity index (χ0) is 31.9. The number of ketones is 1. The summed E-state index contributed by atoms with van der Waals surface area (Å²) in [5.41, 5.74) is -6.57. The van der Waals surface area contributed by atoms with Gasteiger partial charge in [0, 0.05) is 11.1 Å². The van der Waals surface area contributed by atoms with Gasteiger partial charge in [-0.2, -0.15) is 0 Å². The summed E-state index contributed by atoms with van der Waals surface area (Å²) < 4.78 is 30.2. The second kappa shape index (κ2) is 8.79. The standard InChI is InChI=1S/C34H34O11/c1-16-26(37)43-24-23(36)32-21-14-20(30(2,3)4)31(32)25(27(38)44-29(31)45-34(32,28(39)42-21)33(16,24)40)41-15-17-10-12-19(13-11-17)22(35)18-8-6-5-7-9-18/h5-13,16,20-21,23-25,29,36,40H,14-15H2,1-4H3/t16-,20+,21?,23+,24+,25+,29?,31?,32+,33-,34?/m1/s1. The number of aliphatic hydroxyl groups is 2. The molecule has 236 valence electrons. The Balaban J connectivity index is 1.21. The summed E-state index contributed by atoms with van der Waals surface area (Å²) in [6, 6.07) is 15.7. The predicted molar refractivity (Wildman–Crippen MR) is 151 cm³/mol. The van der Waals surface area contributed by atoms with Crippen LogP contribution in [0.15, 0.2) is 54.6 Å². The molecule has 2 aliphatic carbocycles. The van der Waals surface area contributed by atoms with E-state index >= 15 is 0 Å². The van der Waals surface area contributed by atoms with Crippen LogP contribution in [-0.4, -0.2) is 75.8 Å². The van der Waals surface area contributed by atoms with Crippen molar-refractivity contribution >= 4 is 23.7 Å². The van der Waals surface area contributed by atoms with Crippen molar-refractivity contribution in [3.05, 3.63) is 71.3 Å². The minimum Gasteiger partial charge on any atom is -0.459 e. The van der Waals surface area contributed by atoms with E-state index in [0.717, 1.165) is 0 Å². The lowest BCUT2D eigenvalue weighted by Crippen LogP contribution is -2.67. The van der Waals surface area contributed by atoms with Crippen LogP contribution in [0, 0.1) is 28.1 Å². The van der Waals surface area contributed by atoms with E-state index < -0.39 is 87.9 Å². The molecule has 8 rings (SSSR count). The fraction of sp³-hybridized carbons (Fsp3) is 0.529. The zero-order valence-electron chi connectivity index (χ0n) is 25.2. The SMILES string of the molecule is C[C@@H]1C(=O)O[C@H]2[C@H](O)[C@@]34C5C[C@@H](C(C)(C)C)C36C(OC(=O)[C@@H]6OCc3ccc(C(=O)c6ccccc6)cc3)OC4(C(=O)O5)[C@@]12O. The van der Waals surface area contributed by atoms with Crippen molar-refractivity contribution < 1.29 is 53.1 Å². The smallest absolute Gasteiger partial charge is 0.343 e. The molecule has 0 amide bonds. The van der Waals surface area contributed by atoms with Crippen LogP contribution < -0.4 is 0 Å². The van der Waals surface area contributed by atoms with Crippen molar-refractivity contribution in [3.8, 4) is 0 Å². The topological polar surface area (TPSA) is 155 Å². The molecular weight excluding hydrogens is 584 g/mol. The predicted octanol–water partition coefficient (Wildman–Crippen LogP) is 2.09. The van der Waals surface area contributed by atoms with Crippen LogP contribution >= 0.6 is 0 Å². The Labute approximate surface area is 258 Å². The highest BCUT2D eigenvalue weighted by Gasteiger charge is 3.04. The van der Waals surface area contributed by atoms with Crippen LogP contribution in [-0.2, 0) is 44.7 Å². The summed E-state index contributed by atoms with van der Waals surface area (Å²) in [6.07, 6.45) is -6.55. The second-order valence-electron chi connectivity index (χ2n) is 14.4. The van der Waals surface area contributed by atoms with Gasteiger partial charge in [-0.25, -0.2) is 9.59 Å². The van der Waals surface area contributed by atoms with Crippen molar-refractivity contribution in [2.45, 2.75) is 82.6 Å².